The van der Waals surface area contributed by atoms with Gasteiger partial charge in [-0.2, -0.15) is 0 Å². The molecule has 0 saturated carbocycles. The standard InChI is InChI=1S/C13H15N3O3/c1-8-3-2-4-9(7-8)14-11(17)6-5-10-12(18)15-16-13(10)19/h2-4,7,10H,5-6H2,1H3,(H,14,17)(H,15,18)(H,16,19). The van der Waals surface area contributed by atoms with Crippen molar-refractivity contribution in [2.75, 3.05) is 5.32 Å². The molecule has 0 radical (unpaired) electrons. The van der Waals surface area contributed by atoms with Crippen LogP contribution in [0.15, 0.2) is 24.3 Å². The predicted octanol–water partition coefficient (Wildman–Crippen LogP) is 0.491. The molecule has 1 aromatic rings. The molecular weight excluding hydrogens is 246 g/mol. The summed E-state index contributed by atoms with van der Waals surface area (Å²) in [5, 5.41) is 2.73. The van der Waals surface area contributed by atoms with Crippen LogP contribution in [0.3, 0.4) is 0 Å². The molecule has 0 aliphatic carbocycles. The van der Waals surface area contributed by atoms with Crippen LogP contribution in [-0.4, -0.2) is 17.7 Å². The smallest absolute Gasteiger partial charge is 0.251 e. The molecule has 19 heavy (non-hydrogen) atoms. The van der Waals surface area contributed by atoms with E-state index in [4.69, 9.17) is 0 Å². The molecule has 6 heteroatoms. The second-order valence-corrected chi connectivity index (χ2v) is 4.49. The van der Waals surface area contributed by atoms with E-state index in [1.165, 1.54) is 0 Å². The maximum absolute atomic E-state index is 11.7. The molecule has 0 spiro atoms. The van der Waals surface area contributed by atoms with E-state index in [2.05, 4.69) is 16.2 Å². The average Bonchev–Trinajstić information content (AvgIpc) is 2.67. The monoisotopic (exact) mass is 261 g/mol. The van der Waals surface area contributed by atoms with E-state index in [0.29, 0.717) is 5.69 Å². The highest BCUT2D eigenvalue weighted by atomic mass is 16.2. The van der Waals surface area contributed by atoms with Crippen molar-refractivity contribution in [1.82, 2.24) is 10.9 Å². The zero-order valence-electron chi connectivity index (χ0n) is 10.5. The Morgan fingerprint density at radius 3 is 2.58 bits per heavy atom. The Bertz CT molecular complexity index is 512. The third kappa shape index (κ3) is 3.31. The number of carbonyl (C=O) groups is 3. The molecule has 0 atom stereocenters. The number of amides is 3. The lowest BCUT2D eigenvalue weighted by Crippen LogP contribution is -2.28. The first kappa shape index (κ1) is 13.1. The van der Waals surface area contributed by atoms with E-state index in [-0.39, 0.29) is 30.6 Å². The van der Waals surface area contributed by atoms with Crippen molar-refractivity contribution < 1.29 is 14.4 Å². The second-order valence-electron chi connectivity index (χ2n) is 4.49. The van der Waals surface area contributed by atoms with Crippen molar-refractivity contribution in [3.05, 3.63) is 29.8 Å². The zero-order chi connectivity index (χ0) is 13.8. The Labute approximate surface area is 110 Å². The lowest BCUT2D eigenvalue weighted by atomic mass is 10.0. The number of anilines is 1. The van der Waals surface area contributed by atoms with Gasteiger partial charge in [-0.1, -0.05) is 12.1 Å². The summed E-state index contributed by atoms with van der Waals surface area (Å²) in [7, 11) is 0. The fraction of sp³-hybridized carbons (Fsp3) is 0.308. The van der Waals surface area contributed by atoms with E-state index < -0.39 is 5.92 Å². The van der Waals surface area contributed by atoms with Crippen molar-refractivity contribution in [2.24, 2.45) is 5.92 Å². The van der Waals surface area contributed by atoms with Crippen molar-refractivity contribution in [1.29, 1.82) is 0 Å². The Morgan fingerprint density at radius 2 is 1.95 bits per heavy atom. The molecule has 0 bridgehead atoms. The van der Waals surface area contributed by atoms with Crippen molar-refractivity contribution in [3.8, 4) is 0 Å². The van der Waals surface area contributed by atoms with Crippen LogP contribution in [0.5, 0.6) is 0 Å². The van der Waals surface area contributed by atoms with Gasteiger partial charge in [0, 0.05) is 12.1 Å². The molecule has 1 aromatic carbocycles. The van der Waals surface area contributed by atoms with Gasteiger partial charge in [0.15, 0.2) is 0 Å². The van der Waals surface area contributed by atoms with Gasteiger partial charge in [-0.25, -0.2) is 0 Å². The minimum absolute atomic E-state index is 0.124. The van der Waals surface area contributed by atoms with Crippen molar-refractivity contribution in [2.45, 2.75) is 19.8 Å². The van der Waals surface area contributed by atoms with Crippen LogP contribution < -0.4 is 16.2 Å². The summed E-state index contributed by atoms with van der Waals surface area (Å²) in [4.78, 5) is 34.3. The van der Waals surface area contributed by atoms with Gasteiger partial charge in [-0.15, -0.1) is 0 Å². The highest BCUT2D eigenvalue weighted by Crippen LogP contribution is 2.13. The first-order valence-corrected chi connectivity index (χ1v) is 6.02. The molecular formula is C13H15N3O3. The lowest BCUT2D eigenvalue weighted by molar-refractivity contribution is -0.128. The molecule has 6 nitrogen and oxygen atoms in total. The summed E-state index contributed by atoms with van der Waals surface area (Å²) in [6.07, 6.45) is 0.328. The van der Waals surface area contributed by atoms with Crippen molar-refractivity contribution >= 4 is 23.4 Å². The predicted molar refractivity (Wildman–Crippen MR) is 68.8 cm³/mol. The molecule has 1 heterocycles. The van der Waals surface area contributed by atoms with E-state index in [9.17, 15) is 14.4 Å². The summed E-state index contributed by atoms with van der Waals surface area (Å²) < 4.78 is 0. The number of aryl methyl sites for hydroxylation is 1. The molecule has 2 rings (SSSR count). The minimum atomic E-state index is -0.775. The highest BCUT2D eigenvalue weighted by molar-refractivity contribution is 6.05. The summed E-state index contributed by atoms with van der Waals surface area (Å²) >= 11 is 0. The molecule has 0 unspecified atom stereocenters. The van der Waals surface area contributed by atoms with Crippen LogP contribution in [0.2, 0.25) is 0 Å². The largest absolute Gasteiger partial charge is 0.326 e. The van der Waals surface area contributed by atoms with Gasteiger partial charge in [-0.05, 0) is 31.0 Å². The fourth-order valence-electron chi connectivity index (χ4n) is 1.90. The third-order valence-electron chi connectivity index (χ3n) is 2.90. The van der Waals surface area contributed by atoms with Crippen LogP contribution in [0, 0.1) is 12.8 Å². The van der Waals surface area contributed by atoms with Gasteiger partial charge < -0.3 is 5.32 Å². The van der Waals surface area contributed by atoms with Crippen LogP contribution in [0.4, 0.5) is 5.69 Å². The third-order valence-corrected chi connectivity index (χ3v) is 2.90. The van der Waals surface area contributed by atoms with E-state index >= 15 is 0 Å². The van der Waals surface area contributed by atoms with Gasteiger partial charge in [-0.3, -0.25) is 25.2 Å². The van der Waals surface area contributed by atoms with E-state index in [0.717, 1.165) is 5.56 Å². The quantitative estimate of drug-likeness (QED) is 0.689. The molecule has 1 fully saturated rings. The van der Waals surface area contributed by atoms with Gasteiger partial charge in [0.05, 0.1) is 0 Å². The minimum Gasteiger partial charge on any atom is -0.326 e. The van der Waals surface area contributed by atoms with Gasteiger partial charge >= 0.3 is 0 Å². The van der Waals surface area contributed by atoms with E-state index in [1.54, 1.807) is 6.07 Å². The normalized spacial score (nSPS) is 15.0. The van der Waals surface area contributed by atoms with Crippen LogP contribution in [0.25, 0.3) is 0 Å². The summed E-state index contributed by atoms with van der Waals surface area (Å²) in [5.41, 5.74) is 6.22. The number of rotatable bonds is 4. The maximum Gasteiger partial charge on any atom is 0.251 e. The maximum atomic E-state index is 11.7. The number of carbonyl (C=O) groups excluding carboxylic acids is 3. The average molecular weight is 261 g/mol. The number of benzene rings is 1. The first-order valence-electron chi connectivity index (χ1n) is 6.02. The summed E-state index contributed by atoms with van der Waals surface area (Å²) in [5.74, 6) is -1.75. The van der Waals surface area contributed by atoms with Crippen LogP contribution in [-0.2, 0) is 14.4 Å². The Hall–Kier alpha value is -2.37. The number of hydrogen-bond acceptors (Lipinski definition) is 3. The molecule has 3 N–H and O–H groups in total. The van der Waals surface area contributed by atoms with Gasteiger partial charge in [0.25, 0.3) is 11.8 Å². The zero-order valence-corrected chi connectivity index (χ0v) is 10.5. The summed E-state index contributed by atoms with van der Waals surface area (Å²) in [6, 6.07) is 7.43. The number of hydrogen-bond donors (Lipinski definition) is 3. The van der Waals surface area contributed by atoms with Crippen LogP contribution in [0.1, 0.15) is 18.4 Å². The Balaban J connectivity index is 1.85. The molecule has 1 aliphatic rings. The van der Waals surface area contributed by atoms with Crippen LogP contribution >= 0.6 is 0 Å². The molecule has 3 amide bonds. The molecule has 100 valence electrons. The van der Waals surface area contributed by atoms with Crippen molar-refractivity contribution in [3.63, 3.8) is 0 Å². The SMILES string of the molecule is Cc1cccc(NC(=O)CCC2C(=O)NNC2=O)c1. The second kappa shape index (κ2) is 5.51. The number of hydrazine groups is 1. The lowest BCUT2D eigenvalue weighted by Gasteiger charge is -2.07. The molecule has 1 aliphatic heterocycles. The Morgan fingerprint density at radius 1 is 1.26 bits per heavy atom. The number of nitrogens with one attached hydrogen (secondary N) is 3. The highest BCUT2D eigenvalue weighted by Gasteiger charge is 2.32. The molecule has 1 saturated heterocycles. The summed E-state index contributed by atoms with van der Waals surface area (Å²) in [6.45, 7) is 1.93. The van der Waals surface area contributed by atoms with Gasteiger partial charge in [0.1, 0.15) is 5.92 Å². The van der Waals surface area contributed by atoms with E-state index in [1.807, 2.05) is 25.1 Å². The topological polar surface area (TPSA) is 87.3 Å². The first-order chi connectivity index (χ1) is 9.06. The Kier molecular flexibility index (Phi) is 3.79. The molecule has 0 aromatic heterocycles. The van der Waals surface area contributed by atoms with Gasteiger partial charge in [0.2, 0.25) is 5.91 Å². The fourth-order valence-corrected chi connectivity index (χ4v) is 1.90.